The van der Waals surface area contributed by atoms with E-state index in [-0.39, 0.29) is 36.7 Å². The van der Waals surface area contributed by atoms with Crippen LogP contribution < -0.4 is 0 Å². The molecule has 7 heteroatoms. The SMILES string of the molecule is C=C1C(=O)O[C@@H]2C[C@H](C)[C@@]3(O)O[C@](C)(C[C@H]3O)C[C@@H](OC(=O)C(C)C)[C@@H]12. The number of carbonyl (C=O) groups excluding carboxylic acids is 2. The van der Waals surface area contributed by atoms with Crippen LogP contribution in [0, 0.1) is 17.8 Å². The topological polar surface area (TPSA) is 102 Å². The van der Waals surface area contributed by atoms with Crippen molar-refractivity contribution in [1.29, 1.82) is 0 Å². The average molecular weight is 368 g/mol. The number of hydrogen-bond donors (Lipinski definition) is 2. The Balaban J connectivity index is 2.00. The molecule has 7 atom stereocenters. The lowest BCUT2D eigenvalue weighted by Gasteiger charge is -2.34. The lowest BCUT2D eigenvalue weighted by Crippen LogP contribution is -2.47. The molecule has 3 aliphatic rings. The van der Waals surface area contributed by atoms with Gasteiger partial charge >= 0.3 is 11.9 Å². The number of hydrogen-bond acceptors (Lipinski definition) is 7. The van der Waals surface area contributed by atoms with E-state index in [9.17, 15) is 19.8 Å². The van der Waals surface area contributed by atoms with Crippen LogP contribution in [-0.2, 0) is 23.8 Å². The molecule has 0 aromatic rings. The summed E-state index contributed by atoms with van der Waals surface area (Å²) in [6.45, 7) is 10.8. The van der Waals surface area contributed by atoms with Crippen molar-refractivity contribution >= 4 is 11.9 Å². The first-order valence-corrected chi connectivity index (χ1v) is 9.18. The summed E-state index contributed by atoms with van der Waals surface area (Å²) >= 11 is 0. The van der Waals surface area contributed by atoms with Gasteiger partial charge in [-0.15, -0.1) is 0 Å². The van der Waals surface area contributed by atoms with E-state index in [1.165, 1.54) is 0 Å². The molecule has 0 spiro atoms. The first-order chi connectivity index (χ1) is 12.0. The molecule has 0 aromatic carbocycles. The molecule has 2 N–H and O–H groups in total. The maximum Gasteiger partial charge on any atom is 0.334 e. The number of ether oxygens (including phenoxy) is 3. The average Bonchev–Trinajstić information content (AvgIpc) is 2.92. The van der Waals surface area contributed by atoms with Crippen molar-refractivity contribution in [1.82, 2.24) is 0 Å². The van der Waals surface area contributed by atoms with Gasteiger partial charge in [-0.05, 0) is 13.3 Å². The standard InChI is InChI=1S/C19H28O7/c1-9(2)16(21)25-13-7-18(5)8-14(20)19(23,26-18)10(3)6-12-15(13)11(4)17(22)24-12/h9-10,12-15,20,23H,4,6-8H2,1-3,5H3/t10-,12+,13+,14+,15-,18-,19+/m0/s1. The predicted octanol–water partition coefficient (Wildman–Crippen LogP) is 1.31. The van der Waals surface area contributed by atoms with Gasteiger partial charge in [0, 0.05) is 24.3 Å². The van der Waals surface area contributed by atoms with E-state index in [4.69, 9.17) is 14.2 Å². The Kier molecular flexibility index (Phi) is 4.70. The molecule has 3 aliphatic heterocycles. The second kappa shape index (κ2) is 6.32. The minimum Gasteiger partial charge on any atom is -0.461 e. The molecular formula is C19H28O7. The second-order valence-corrected chi connectivity index (χ2v) is 8.49. The maximum absolute atomic E-state index is 12.3. The highest BCUT2D eigenvalue weighted by Gasteiger charge is 2.60. The molecule has 2 bridgehead atoms. The van der Waals surface area contributed by atoms with Crippen LogP contribution in [0.5, 0.6) is 0 Å². The third kappa shape index (κ3) is 3.06. The number of fused-ring (bicyclic) bond motifs is 3. The zero-order valence-corrected chi connectivity index (χ0v) is 15.7. The van der Waals surface area contributed by atoms with Gasteiger partial charge in [0.1, 0.15) is 18.3 Å². The summed E-state index contributed by atoms with van der Waals surface area (Å²) in [6.07, 6.45) is -1.62. The molecule has 0 unspecified atom stereocenters. The summed E-state index contributed by atoms with van der Waals surface area (Å²) < 4.78 is 17.1. The normalized spacial score (nSPS) is 45.6. The van der Waals surface area contributed by atoms with Crippen LogP contribution in [0.1, 0.15) is 47.0 Å². The van der Waals surface area contributed by atoms with Crippen LogP contribution >= 0.6 is 0 Å². The van der Waals surface area contributed by atoms with E-state index in [0.717, 1.165) is 0 Å². The molecule has 26 heavy (non-hydrogen) atoms. The van der Waals surface area contributed by atoms with Gasteiger partial charge in [-0.1, -0.05) is 27.4 Å². The number of rotatable bonds is 2. The van der Waals surface area contributed by atoms with Gasteiger partial charge in [0.15, 0.2) is 5.79 Å². The summed E-state index contributed by atoms with van der Waals surface area (Å²) in [5.41, 5.74) is -0.622. The molecule has 146 valence electrons. The highest BCUT2D eigenvalue weighted by atomic mass is 16.7. The third-order valence-corrected chi connectivity index (χ3v) is 5.90. The molecule has 7 nitrogen and oxygen atoms in total. The van der Waals surface area contributed by atoms with Gasteiger partial charge in [-0.25, -0.2) is 4.79 Å². The largest absolute Gasteiger partial charge is 0.461 e. The van der Waals surface area contributed by atoms with E-state index < -0.39 is 47.5 Å². The smallest absolute Gasteiger partial charge is 0.334 e. The number of esters is 2. The van der Waals surface area contributed by atoms with Crippen molar-refractivity contribution in [3.8, 4) is 0 Å². The predicted molar refractivity (Wildman–Crippen MR) is 90.7 cm³/mol. The minimum atomic E-state index is -1.73. The van der Waals surface area contributed by atoms with Crippen molar-refractivity contribution < 1.29 is 34.0 Å². The van der Waals surface area contributed by atoms with E-state index in [2.05, 4.69) is 6.58 Å². The minimum absolute atomic E-state index is 0.211. The number of carbonyl (C=O) groups is 2. The van der Waals surface area contributed by atoms with Crippen LogP contribution in [0.15, 0.2) is 12.2 Å². The Hall–Kier alpha value is -1.44. The molecule has 0 aliphatic carbocycles. The maximum atomic E-state index is 12.3. The molecule has 3 saturated heterocycles. The fourth-order valence-electron chi connectivity index (χ4n) is 4.39. The van der Waals surface area contributed by atoms with Gasteiger partial charge in [-0.3, -0.25) is 4.79 Å². The van der Waals surface area contributed by atoms with Gasteiger partial charge in [-0.2, -0.15) is 0 Å². The Bertz CT molecular complexity index is 629. The first kappa shape index (κ1) is 19.3. The highest BCUT2D eigenvalue weighted by molar-refractivity contribution is 5.91. The molecule has 3 rings (SSSR count). The molecule has 0 saturated carbocycles. The zero-order valence-electron chi connectivity index (χ0n) is 15.7. The molecule has 0 radical (unpaired) electrons. The van der Waals surface area contributed by atoms with Crippen LogP contribution in [0.25, 0.3) is 0 Å². The van der Waals surface area contributed by atoms with Crippen LogP contribution in [0.3, 0.4) is 0 Å². The van der Waals surface area contributed by atoms with Crippen LogP contribution in [0.2, 0.25) is 0 Å². The van der Waals surface area contributed by atoms with Gasteiger partial charge in [0.25, 0.3) is 0 Å². The molecule has 3 fully saturated rings. The Morgan fingerprint density at radius 1 is 1.38 bits per heavy atom. The number of aliphatic hydroxyl groups is 2. The lowest BCUT2D eigenvalue weighted by atomic mass is 9.78. The van der Waals surface area contributed by atoms with Crippen molar-refractivity contribution in [2.75, 3.05) is 0 Å². The monoisotopic (exact) mass is 368 g/mol. The summed E-state index contributed by atoms with van der Waals surface area (Å²) in [5.74, 6) is -3.92. The second-order valence-electron chi connectivity index (χ2n) is 8.49. The fourth-order valence-corrected chi connectivity index (χ4v) is 4.39. The van der Waals surface area contributed by atoms with Crippen LogP contribution in [0.4, 0.5) is 0 Å². The van der Waals surface area contributed by atoms with Gasteiger partial charge in [0.2, 0.25) is 0 Å². The van der Waals surface area contributed by atoms with E-state index in [1.54, 1.807) is 27.7 Å². The summed E-state index contributed by atoms with van der Waals surface area (Å²) in [4.78, 5) is 24.4. The van der Waals surface area contributed by atoms with Gasteiger partial charge < -0.3 is 24.4 Å². The zero-order chi connectivity index (χ0) is 19.4. The Morgan fingerprint density at radius 2 is 2.04 bits per heavy atom. The van der Waals surface area contributed by atoms with Crippen molar-refractivity contribution in [2.45, 2.75) is 76.7 Å². The molecule has 0 amide bonds. The quantitative estimate of drug-likeness (QED) is 0.560. The van der Waals surface area contributed by atoms with E-state index >= 15 is 0 Å². The van der Waals surface area contributed by atoms with Crippen molar-refractivity contribution in [2.24, 2.45) is 17.8 Å². The summed E-state index contributed by atoms with van der Waals surface area (Å²) in [7, 11) is 0. The van der Waals surface area contributed by atoms with Crippen LogP contribution in [-0.4, -0.2) is 51.9 Å². The van der Waals surface area contributed by atoms with E-state index in [1.807, 2.05) is 0 Å². The molecule has 3 heterocycles. The Morgan fingerprint density at radius 3 is 2.65 bits per heavy atom. The third-order valence-electron chi connectivity index (χ3n) is 5.90. The number of aliphatic hydroxyl groups excluding tert-OH is 1. The summed E-state index contributed by atoms with van der Waals surface area (Å²) in [6, 6.07) is 0. The summed E-state index contributed by atoms with van der Waals surface area (Å²) in [5, 5.41) is 21.3. The van der Waals surface area contributed by atoms with Crippen molar-refractivity contribution in [3.05, 3.63) is 12.2 Å². The Labute approximate surface area is 153 Å². The van der Waals surface area contributed by atoms with Gasteiger partial charge in [0.05, 0.1) is 17.4 Å². The van der Waals surface area contributed by atoms with E-state index in [0.29, 0.717) is 0 Å². The first-order valence-electron chi connectivity index (χ1n) is 9.18. The van der Waals surface area contributed by atoms with Crippen molar-refractivity contribution in [3.63, 3.8) is 0 Å². The fraction of sp³-hybridized carbons (Fsp3) is 0.789. The highest BCUT2D eigenvalue weighted by Crippen LogP contribution is 2.49. The lowest BCUT2D eigenvalue weighted by molar-refractivity contribution is -0.275. The molecular weight excluding hydrogens is 340 g/mol. The molecule has 0 aromatic heterocycles.